The van der Waals surface area contributed by atoms with E-state index in [9.17, 15) is 0 Å². The highest BCUT2D eigenvalue weighted by Gasteiger charge is 2.19. The maximum absolute atomic E-state index is 5.98. The monoisotopic (exact) mass is 286 g/mol. The first-order valence-electron chi connectivity index (χ1n) is 8.14. The van der Waals surface area contributed by atoms with Gasteiger partial charge in [-0.15, -0.1) is 0 Å². The lowest BCUT2D eigenvalue weighted by molar-refractivity contribution is 0.203. The summed E-state index contributed by atoms with van der Waals surface area (Å²) in [6, 6.07) is 11.1. The van der Waals surface area contributed by atoms with Gasteiger partial charge in [0.2, 0.25) is 0 Å². The summed E-state index contributed by atoms with van der Waals surface area (Å²) in [5.41, 5.74) is 0.996. The largest absolute Gasteiger partial charge is 0.460 e. The van der Waals surface area contributed by atoms with Gasteiger partial charge in [0.1, 0.15) is 11.3 Å². The van der Waals surface area contributed by atoms with Crippen LogP contribution in [0.3, 0.4) is 0 Å². The van der Waals surface area contributed by atoms with Gasteiger partial charge in [0.25, 0.3) is 0 Å². The molecule has 0 amide bonds. The van der Waals surface area contributed by atoms with Gasteiger partial charge < -0.3 is 9.73 Å². The summed E-state index contributed by atoms with van der Waals surface area (Å²) in [4.78, 5) is 2.53. The van der Waals surface area contributed by atoms with Crippen LogP contribution in [0.1, 0.15) is 32.4 Å². The molecule has 0 spiro atoms. The molecule has 1 fully saturated rings. The Kier molecular flexibility index (Phi) is 4.61. The van der Waals surface area contributed by atoms with Gasteiger partial charge in [-0.25, -0.2) is 0 Å². The minimum Gasteiger partial charge on any atom is -0.460 e. The summed E-state index contributed by atoms with van der Waals surface area (Å²) >= 11 is 0. The molecule has 1 aliphatic rings. The van der Waals surface area contributed by atoms with Crippen molar-refractivity contribution in [1.82, 2.24) is 10.2 Å². The topological polar surface area (TPSA) is 28.4 Å². The summed E-state index contributed by atoms with van der Waals surface area (Å²) in [5, 5.41) is 4.81. The highest BCUT2D eigenvalue weighted by atomic mass is 16.3. The van der Waals surface area contributed by atoms with Crippen molar-refractivity contribution in [3.8, 4) is 0 Å². The molecule has 3 heteroatoms. The molecule has 1 aromatic carbocycles. The van der Waals surface area contributed by atoms with Gasteiger partial charge >= 0.3 is 0 Å². The Bertz CT molecular complexity index is 536. The molecule has 21 heavy (non-hydrogen) atoms. The SMILES string of the molecule is CC(C)CN(Cc1cc2ccccc2o1)CC1CCCN1. The quantitative estimate of drug-likeness (QED) is 0.879. The predicted molar refractivity (Wildman–Crippen MR) is 87.4 cm³/mol. The van der Waals surface area contributed by atoms with Crippen molar-refractivity contribution in [2.24, 2.45) is 5.92 Å². The van der Waals surface area contributed by atoms with E-state index in [1.54, 1.807) is 0 Å². The molecule has 1 saturated heterocycles. The lowest BCUT2D eigenvalue weighted by Crippen LogP contribution is -2.38. The van der Waals surface area contributed by atoms with Gasteiger partial charge in [0, 0.05) is 24.5 Å². The summed E-state index contributed by atoms with van der Waals surface area (Å²) in [7, 11) is 0. The van der Waals surface area contributed by atoms with Crippen LogP contribution < -0.4 is 5.32 Å². The molecule has 2 aromatic rings. The number of benzene rings is 1. The molecule has 0 radical (unpaired) electrons. The number of para-hydroxylation sites is 1. The Morgan fingerprint density at radius 1 is 1.33 bits per heavy atom. The standard InChI is InChI=1S/C18H26N2O/c1-14(2)11-20(12-16-7-5-9-19-16)13-17-10-15-6-3-4-8-18(15)21-17/h3-4,6,8,10,14,16,19H,5,7,9,11-13H2,1-2H3. The van der Waals surface area contributed by atoms with Crippen LogP contribution in [0, 0.1) is 5.92 Å². The van der Waals surface area contributed by atoms with Gasteiger partial charge in [-0.05, 0) is 37.4 Å². The number of hydrogen-bond donors (Lipinski definition) is 1. The average molecular weight is 286 g/mol. The first-order chi connectivity index (χ1) is 10.2. The second-order valence-corrected chi connectivity index (χ2v) is 6.63. The highest BCUT2D eigenvalue weighted by Crippen LogP contribution is 2.21. The third-order valence-corrected chi connectivity index (χ3v) is 4.12. The zero-order valence-corrected chi connectivity index (χ0v) is 13.1. The van der Waals surface area contributed by atoms with Crippen LogP contribution in [0.4, 0.5) is 0 Å². The number of fused-ring (bicyclic) bond motifs is 1. The van der Waals surface area contributed by atoms with Crippen LogP contribution >= 0.6 is 0 Å². The number of rotatable bonds is 6. The number of nitrogens with one attached hydrogen (secondary N) is 1. The van der Waals surface area contributed by atoms with E-state index in [0.29, 0.717) is 12.0 Å². The molecule has 1 atom stereocenters. The lowest BCUT2D eigenvalue weighted by atomic mass is 10.1. The zero-order chi connectivity index (χ0) is 14.7. The van der Waals surface area contributed by atoms with E-state index in [-0.39, 0.29) is 0 Å². The van der Waals surface area contributed by atoms with E-state index in [4.69, 9.17) is 4.42 Å². The van der Waals surface area contributed by atoms with Gasteiger partial charge in [-0.3, -0.25) is 4.90 Å². The third kappa shape index (κ3) is 3.86. The number of furan rings is 1. The van der Waals surface area contributed by atoms with E-state index >= 15 is 0 Å². The molecular formula is C18H26N2O. The summed E-state index contributed by atoms with van der Waals surface area (Å²) in [6.07, 6.45) is 2.61. The van der Waals surface area contributed by atoms with E-state index in [2.05, 4.69) is 42.3 Å². The summed E-state index contributed by atoms with van der Waals surface area (Å²) < 4.78 is 5.98. The lowest BCUT2D eigenvalue weighted by Gasteiger charge is -2.26. The maximum Gasteiger partial charge on any atom is 0.134 e. The molecule has 1 unspecified atom stereocenters. The van der Waals surface area contributed by atoms with E-state index in [0.717, 1.165) is 31.0 Å². The molecule has 3 nitrogen and oxygen atoms in total. The molecule has 1 aromatic heterocycles. The van der Waals surface area contributed by atoms with Crippen LogP contribution in [0.25, 0.3) is 11.0 Å². The maximum atomic E-state index is 5.98. The second-order valence-electron chi connectivity index (χ2n) is 6.63. The molecule has 3 rings (SSSR count). The Morgan fingerprint density at radius 2 is 2.19 bits per heavy atom. The van der Waals surface area contributed by atoms with E-state index < -0.39 is 0 Å². The summed E-state index contributed by atoms with van der Waals surface area (Å²) in [5.74, 6) is 1.76. The van der Waals surface area contributed by atoms with Gasteiger partial charge in [0.15, 0.2) is 0 Å². The van der Waals surface area contributed by atoms with Crippen molar-refractivity contribution < 1.29 is 4.42 Å². The Hall–Kier alpha value is -1.32. The Morgan fingerprint density at radius 3 is 2.90 bits per heavy atom. The first-order valence-corrected chi connectivity index (χ1v) is 8.14. The Balaban J connectivity index is 1.69. The fourth-order valence-corrected chi connectivity index (χ4v) is 3.28. The zero-order valence-electron chi connectivity index (χ0n) is 13.1. The van der Waals surface area contributed by atoms with Crippen LogP contribution in [0.15, 0.2) is 34.7 Å². The smallest absolute Gasteiger partial charge is 0.134 e. The van der Waals surface area contributed by atoms with Crippen molar-refractivity contribution in [2.45, 2.75) is 39.3 Å². The van der Waals surface area contributed by atoms with Gasteiger partial charge in [0.05, 0.1) is 6.54 Å². The van der Waals surface area contributed by atoms with Crippen molar-refractivity contribution >= 4 is 11.0 Å². The second kappa shape index (κ2) is 6.63. The van der Waals surface area contributed by atoms with Crippen LogP contribution in [-0.2, 0) is 6.54 Å². The fourth-order valence-electron chi connectivity index (χ4n) is 3.28. The molecule has 114 valence electrons. The van der Waals surface area contributed by atoms with E-state index in [1.807, 2.05) is 12.1 Å². The molecule has 1 aliphatic heterocycles. The normalized spacial score (nSPS) is 19.1. The minimum atomic E-state index is 0.646. The van der Waals surface area contributed by atoms with Crippen LogP contribution in [0.2, 0.25) is 0 Å². The Labute approximate surface area is 127 Å². The molecule has 0 saturated carbocycles. The summed E-state index contributed by atoms with van der Waals surface area (Å²) in [6.45, 7) is 8.89. The number of nitrogens with zero attached hydrogens (tertiary/aromatic N) is 1. The van der Waals surface area contributed by atoms with Crippen molar-refractivity contribution in [2.75, 3.05) is 19.6 Å². The first kappa shape index (κ1) is 14.6. The third-order valence-electron chi connectivity index (χ3n) is 4.12. The van der Waals surface area contributed by atoms with Crippen LogP contribution in [-0.4, -0.2) is 30.6 Å². The van der Waals surface area contributed by atoms with Gasteiger partial charge in [-0.1, -0.05) is 32.0 Å². The fraction of sp³-hybridized carbons (Fsp3) is 0.556. The minimum absolute atomic E-state index is 0.646. The van der Waals surface area contributed by atoms with Gasteiger partial charge in [-0.2, -0.15) is 0 Å². The average Bonchev–Trinajstić information content (AvgIpc) is 3.06. The molecule has 0 bridgehead atoms. The van der Waals surface area contributed by atoms with Crippen molar-refractivity contribution in [3.05, 3.63) is 36.1 Å². The molecular weight excluding hydrogens is 260 g/mol. The molecule has 0 aliphatic carbocycles. The van der Waals surface area contributed by atoms with Crippen molar-refractivity contribution in [3.63, 3.8) is 0 Å². The molecule has 2 heterocycles. The highest BCUT2D eigenvalue weighted by molar-refractivity contribution is 5.77. The van der Waals surface area contributed by atoms with E-state index in [1.165, 1.54) is 24.8 Å². The predicted octanol–water partition coefficient (Wildman–Crippen LogP) is 3.64. The molecule has 1 N–H and O–H groups in total. The van der Waals surface area contributed by atoms with Crippen LogP contribution in [0.5, 0.6) is 0 Å². The number of hydrogen-bond acceptors (Lipinski definition) is 3. The van der Waals surface area contributed by atoms with Crippen molar-refractivity contribution in [1.29, 1.82) is 0 Å².